The van der Waals surface area contributed by atoms with Crippen molar-refractivity contribution >= 4 is 5.82 Å². The van der Waals surface area contributed by atoms with Gasteiger partial charge in [0.05, 0.1) is 11.6 Å². The lowest BCUT2D eigenvalue weighted by molar-refractivity contribution is 0.376. The van der Waals surface area contributed by atoms with E-state index in [2.05, 4.69) is 36.7 Å². The predicted molar refractivity (Wildman–Crippen MR) is 74.3 cm³/mol. The first-order valence-electron chi connectivity index (χ1n) is 6.33. The first-order chi connectivity index (χ1) is 8.52. The van der Waals surface area contributed by atoms with Gasteiger partial charge < -0.3 is 10.6 Å². The summed E-state index contributed by atoms with van der Waals surface area (Å²) in [7, 11) is 0. The van der Waals surface area contributed by atoms with E-state index in [-0.39, 0.29) is 5.41 Å². The summed E-state index contributed by atoms with van der Waals surface area (Å²) in [5.74, 6) is 0.859. The van der Waals surface area contributed by atoms with E-state index in [1.165, 1.54) is 0 Å². The maximum absolute atomic E-state index is 8.94. The van der Waals surface area contributed by atoms with Gasteiger partial charge in [-0.1, -0.05) is 20.8 Å². The largest absolute Gasteiger partial charge is 0.356 e. The Morgan fingerprint density at radius 3 is 2.78 bits per heavy atom. The van der Waals surface area contributed by atoms with E-state index >= 15 is 0 Å². The van der Waals surface area contributed by atoms with Gasteiger partial charge in [-0.25, -0.2) is 4.98 Å². The Balaban J connectivity index is 2.93. The van der Waals surface area contributed by atoms with Crippen LogP contribution in [-0.4, -0.2) is 24.6 Å². The van der Waals surface area contributed by atoms with Crippen LogP contribution in [0, 0.1) is 16.7 Å². The second-order valence-corrected chi connectivity index (χ2v) is 5.30. The topological polar surface area (TPSA) is 65.9 Å². The van der Waals surface area contributed by atoms with Gasteiger partial charge >= 0.3 is 0 Å². The summed E-state index contributed by atoms with van der Waals surface area (Å²) in [5.41, 5.74) is 6.47. The van der Waals surface area contributed by atoms with Crippen molar-refractivity contribution in [2.45, 2.75) is 27.2 Å². The highest BCUT2D eigenvalue weighted by molar-refractivity contribution is 5.45. The van der Waals surface area contributed by atoms with E-state index < -0.39 is 0 Å². The minimum Gasteiger partial charge on any atom is -0.356 e. The molecular formula is C14H22N4. The molecule has 1 rings (SSSR count). The number of pyridine rings is 1. The second-order valence-electron chi connectivity index (χ2n) is 5.30. The van der Waals surface area contributed by atoms with Crippen molar-refractivity contribution in [3.05, 3.63) is 23.9 Å². The number of nitrogens with two attached hydrogens (primary N) is 1. The highest BCUT2D eigenvalue weighted by Gasteiger charge is 2.20. The van der Waals surface area contributed by atoms with Crippen molar-refractivity contribution < 1.29 is 0 Å². The molecule has 0 amide bonds. The molecule has 1 aromatic rings. The molecule has 0 saturated heterocycles. The van der Waals surface area contributed by atoms with Crippen molar-refractivity contribution in [3.63, 3.8) is 0 Å². The molecule has 18 heavy (non-hydrogen) atoms. The summed E-state index contributed by atoms with van der Waals surface area (Å²) in [4.78, 5) is 6.56. The fraction of sp³-hybridized carbons (Fsp3) is 0.571. The van der Waals surface area contributed by atoms with Crippen LogP contribution in [-0.2, 0) is 0 Å². The van der Waals surface area contributed by atoms with Crippen molar-refractivity contribution in [2.75, 3.05) is 24.5 Å². The summed E-state index contributed by atoms with van der Waals surface area (Å²) in [6, 6.07) is 5.71. The van der Waals surface area contributed by atoms with Crippen molar-refractivity contribution in [1.82, 2.24) is 4.98 Å². The van der Waals surface area contributed by atoms with Crippen LogP contribution in [0.15, 0.2) is 18.3 Å². The molecule has 0 saturated carbocycles. The van der Waals surface area contributed by atoms with Crippen LogP contribution in [0.3, 0.4) is 0 Å². The Morgan fingerprint density at radius 2 is 2.22 bits per heavy atom. The van der Waals surface area contributed by atoms with E-state index in [0.717, 1.165) is 25.3 Å². The van der Waals surface area contributed by atoms with E-state index in [9.17, 15) is 0 Å². The van der Waals surface area contributed by atoms with Gasteiger partial charge in [0.25, 0.3) is 0 Å². The Morgan fingerprint density at radius 1 is 1.50 bits per heavy atom. The molecule has 0 bridgehead atoms. The van der Waals surface area contributed by atoms with Gasteiger partial charge in [0.15, 0.2) is 0 Å². The first-order valence-corrected chi connectivity index (χ1v) is 6.33. The molecule has 4 heteroatoms. The summed E-state index contributed by atoms with van der Waals surface area (Å²) in [6.07, 6.45) is 2.73. The molecule has 0 aliphatic heterocycles. The molecule has 0 atom stereocenters. The SMILES string of the molecule is CCCN(CC(C)(C)CN)c1cc(C#N)ccn1. The van der Waals surface area contributed by atoms with Crippen molar-refractivity contribution in [1.29, 1.82) is 5.26 Å². The first kappa shape index (κ1) is 14.5. The second kappa shape index (κ2) is 6.36. The molecule has 0 aliphatic rings. The number of hydrogen-bond donors (Lipinski definition) is 1. The van der Waals surface area contributed by atoms with Gasteiger partial charge in [0, 0.05) is 19.3 Å². The zero-order valence-electron chi connectivity index (χ0n) is 11.5. The minimum atomic E-state index is 0.0412. The Kier molecular flexibility index (Phi) is 5.11. The molecule has 0 aromatic carbocycles. The van der Waals surface area contributed by atoms with Gasteiger partial charge in [-0.3, -0.25) is 0 Å². The standard InChI is InChI=1S/C14H22N4/c1-4-7-18(11-14(2,3)10-16)13-8-12(9-15)5-6-17-13/h5-6,8H,4,7,10-11,16H2,1-3H3. The van der Waals surface area contributed by atoms with E-state index in [4.69, 9.17) is 11.0 Å². The van der Waals surface area contributed by atoms with Crippen LogP contribution < -0.4 is 10.6 Å². The third-order valence-corrected chi connectivity index (χ3v) is 2.86. The summed E-state index contributed by atoms with van der Waals surface area (Å²) >= 11 is 0. The number of nitriles is 1. The summed E-state index contributed by atoms with van der Waals surface area (Å²) in [6.45, 7) is 8.82. The third-order valence-electron chi connectivity index (χ3n) is 2.86. The number of rotatable bonds is 6. The molecular weight excluding hydrogens is 224 g/mol. The Bertz CT molecular complexity index is 420. The van der Waals surface area contributed by atoms with Gasteiger partial charge in [-0.05, 0) is 30.5 Å². The maximum Gasteiger partial charge on any atom is 0.129 e. The maximum atomic E-state index is 8.94. The zero-order chi connectivity index (χ0) is 13.6. The number of anilines is 1. The Hall–Kier alpha value is -1.60. The molecule has 1 heterocycles. The predicted octanol–water partition coefficient (Wildman–Crippen LogP) is 2.15. The average Bonchev–Trinajstić information content (AvgIpc) is 2.38. The van der Waals surface area contributed by atoms with Gasteiger partial charge in [0.2, 0.25) is 0 Å². The fourth-order valence-corrected chi connectivity index (χ4v) is 1.79. The zero-order valence-corrected chi connectivity index (χ0v) is 11.5. The van der Waals surface area contributed by atoms with E-state index in [1.54, 1.807) is 12.3 Å². The Labute approximate surface area is 109 Å². The third kappa shape index (κ3) is 4.01. The lowest BCUT2D eigenvalue weighted by Crippen LogP contribution is -2.39. The van der Waals surface area contributed by atoms with E-state index in [0.29, 0.717) is 12.1 Å². The molecule has 0 spiro atoms. The molecule has 1 aromatic heterocycles. The molecule has 2 N–H and O–H groups in total. The summed E-state index contributed by atoms with van der Waals surface area (Å²) in [5, 5.41) is 8.94. The van der Waals surface area contributed by atoms with Crippen LogP contribution in [0.25, 0.3) is 0 Å². The number of aromatic nitrogens is 1. The normalized spacial score (nSPS) is 11.1. The van der Waals surface area contributed by atoms with Gasteiger partial charge in [-0.15, -0.1) is 0 Å². The fourth-order valence-electron chi connectivity index (χ4n) is 1.79. The minimum absolute atomic E-state index is 0.0412. The van der Waals surface area contributed by atoms with Gasteiger partial charge in [-0.2, -0.15) is 5.26 Å². The monoisotopic (exact) mass is 246 g/mol. The quantitative estimate of drug-likeness (QED) is 0.835. The van der Waals surface area contributed by atoms with Crippen molar-refractivity contribution in [2.24, 2.45) is 11.1 Å². The summed E-state index contributed by atoms with van der Waals surface area (Å²) < 4.78 is 0. The van der Waals surface area contributed by atoms with Crippen LogP contribution in [0.5, 0.6) is 0 Å². The number of hydrogen-bond acceptors (Lipinski definition) is 4. The molecule has 0 radical (unpaired) electrons. The van der Waals surface area contributed by atoms with Crippen molar-refractivity contribution in [3.8, 4) is 6.07 Å². The van der Waals surface area contributed by atoms with Crippen LogP contribution in [0.1, 0.15) is 32.8 Å². The molecule has 4 nitrogen and oxygen atoms in total. The highest BCUT2D eigenvalue weighted by atomic mass is 15.2. The lowest BCUT2D eigenvalue weighted by atomic mass is 9.93. The van der Waals surface area contributed by atoms with Crippen LogP contribution in [0.2, 0.25) is 0 Å². The molecule has 98 valence electrons. The van der Waals surface area contributed by atoms with Crippen LogP contribution in [0.4, 0.5) is 5.82 Å². The molecule has 0 aliphatic carbocycles. The van der Waals surface area contributed by atoms with Crippen LogP contribution >= 0.6 is 0 Å². The highest BCUT2D eigenvalue weighted by Crippen LogP contribution is 2.20. The van der Waals surface area contributed by atoms with E-state index in [1.807, 2.05) is 6.07 Å². The molecule has 0 fully saturated rings. The molecule has 0 unspecified atom stereocenters. The average molecular weight is 246 g/mol. The van der Waals surface area contributed by atoms with Gasteiger partial charge in [0.1, 0.15) is 5.82 Å². The number of nitrogens with zero attached hydrogens (tertiary/aromatic N) is 3. The lowest BCUT2D eigenvalue weighted by Gasteiger charge is -2.32. The smallest absolute Gasteiger partial charge is 0.129 e.